The Morgan fingerprint density at radius 3 is 0.922 bits per heavy atom. The molecule has 0 fully saturated rings. The van der Waals surface area contributed by atoms with Gasteiger partial charge < -0.3 is 73.6 Å². The van der Waals surface area contributed by atoms with Crippen molar-refractivity contribution in [2.45, 2.75) is 0 Å². The second kappa shape index (κ2) is 28.0. The predicted octanol–water partition coefficient (Wildman–Crippen LogP) is -2.62. The van der Waals surface area contributed by atoms with E-state index in [4.69, 9.17) is 38.3 Å². The number of nitrogens with zero attached hydrogens (tertiary/aromatic N) is 11. The van der Waals surface area contributed by atoms with Gasteiger partial charge in [0.25, 0.3) is 0 Å². The topological polar surface area (TPSA) is 251 Å². The second-order valence-corrected chi connectivity index (χ2v) is 10.1. The molecule has 0 saturated heterocycles. The van der Waals surface area contributed by atoms with E-state index in [9.17, 15) is 15.3 Å². The zero-order chi connectivity index (χ0) is 37.9. The fourth-order valence-corrected chi connectivity index (χ4v) is 4.08. The van der Waals surface area contributed by atoms with Crippen LogP contribution in [0.5, 0.6) is 0 Å². The molecule has 5 N–H and O–H groups in total. The molecule has 23 heteroatoms. The van der Waals surface area contributed by atoms with Gasteiger partial charge in [-0.1, -0.05) is 0 Å². The number of ether oxygens (including phenoxy) is 7. The third-order valence-corrected chi connectivity index (χ3v) is 6.13. The molecule has 0 bridgehead atoms. The van der Waals surface area contributed by atoms with Gasteiger partial charge in [0.15, 0.2) is 0 Å². The van der Waals surface area contributed by atoms with E-state index in [1.807, 2.05) is 0 Å². The highest BCUT2D eigenvalue weighted by atomic mass is 16.5. The van der Waals surface area contributed by atoms with E-state index in [1.165, 1.54) is 0 Å². The number of methoxy groups -OCH3 is 7. The van der Waals surface area contributed by atoms with Crippen LogP contribution in [0.3, 0.4) is 0 Å². The van der Waals surface area contributed by atoms with Gasteiger partial charge in [-0.3, -0.25) is 9.80 Å². The van der Waals surface area contributed by atoms with Crippen LogP contribution in [0, 0.1) is 0 Å². The normalized spacial score (nSPS) is 10.8. The minimum absolute atomic E-state index is 0.0609. The van der Waals surface area contributed by atoms with Crippen molar-refractivity contribution in [1.29, 1.82) is 0 Å². The molecule has 0 unspecified atom stereocenters. The van der Waals surface area contributed by atoms with Crippen molar-refractivity contribution in [3.63, 3.8) is 0 Å². The van der Waals surface area contributed by atoms with E-state index < -0.39 is 0 Å². The Labute approximate surface area is 298 Å². The summed E-state index contributed by atoms with van der Waals surface area (Å²) < 4.78 is 36.1. The maximum atomic E-state index is 9.34. The van der Waals surface area contributed by atoms with Crippen molar-refractivity contribution in [2.24, 2.45) is 0 Å². The average Bonchev–Trinajstić information content (AvgIpc) is 3.13. The van der Waals surface area contributed by atoms with Crippen molar-refractivity contribution in [3.8, 4) is 0 Å². The summed E-state index contributed by atoms with van der Waals surface area (Å²) >= 11 is 0. The molecule has 0 aliphatic rings. The third-order valence-electron chi connectivity index (χ3n) is 6.13. The van der Waals surface area contributed by atoms with E-state index in [-0.39, 0.29) is 86.6 Å². The monoisotopic (exact) mass is 736 g/mol. The van der Waals surface area contributed by atoms with Crippen molar-refractivity contribution < 1.29 is 53.6 Å². The molecule has 0 radical (unpaired) electrons. The van der Waals surface area contributed by atoms with Gasteiger partial charge in [0.2, 0.25) is 35.7 Å². The number of nitrogens with one attached hydrogen (secondary N) is 1. The number of aliphatic hydroxyl groups excluding tert-OH is 4. The number of aliphatic hydroxyl groups is 4. The van der Waals surface area contributed by atoms with Crippen LogP contribution in [0.1, 0.15) is 0 Å². The Bertz CT molecular complexity index is 1020. The highest BCUT2D eigenvalue weighted by Gasteiger charge is 2.21. The largest absolute Gasteiger partial charge is 0.395 e. The van der Waals surface area contributed by atoms with Gasteiger partial charge >= 0.3 is 0 Å². The molecular formula is C28H56N12O11. The fourth-order valence-electron chi connectivity index (χ4n) is 4.08. The van der Waals surface area contributed by atoms with Crippen LogP contribution >= 0.6 is 0 Å². The molecule has 0 aliphatic carbocycles. The van der Waals surface area contributed by atoms with Crippen molar-refractivity contribution in [2.75, 3.05) is 179 Å². The number of hydrogen-bond acceptors (Lipinski definition) is 23. The molecule has 2 aromatic heterocycles. The molecule has 294 valence electrons. The van der Waals surface area contributed by atoms with Crippen LogP contribution < -0.4 is 29.8 Å². The molecule has 0 aliphatic heterocycles. The number of hydrogen-bond donors (Lipinski definition) is 5. The van der Waals surface area contributed by atoms with Crippen LogP contribution in [0.2, 0.25) is 0 Å². The smallest absolute Gasteiger partial charge is 0.235 e. The molecule has 0 aromatic carbocycles. The van der Waals surface area contributed by atoms with E-state index >= 15 is 0 Å². The number of anilines is 6. The van der Waals surface area contributed by atoms with Crippen molar-refractivity contribution >= 4 is 35.7 Å². The molecule has 51 heavy (non-hydrogen) atoms. The first kappa shape index (κ1) is 45.4. The van der Waals surface area contributed by atoms with E-state index in [0.717, 1.165) is 0 Å². The predicted molar refractivity (Wildman–Crippen MR) is 187 cm³/mol. The summed E-state index contributed by atoms with van der Waals surface area (Å²) in [6, 6.07) is 0. The minimum atomic E-state index is -0.0992. The lowest BCUT2D eigenvalue weighted by Crippen LogP contribution is -2.36. The quantitative estimate of drug-likeness (QED) is 0.0561. The highest BCUT2D eigenvalue weighted by molar-refractivity contribution is 5.47. The zero-order valence-electron chi connectivity index (χ0n) is 30.7. The van der Waals surface area contributed by atoms with Gasteiger partial charge in [0.1, 0.15) is 47.1 Å². The maximum Gasteiger partial charge on any atom is 0.235 e. The van der Waals surface area contributed by atoms with E-state index in [0.29, 0.717) is 48.8 Å². The van der Waals surface area contributed by atoms with Gasteiger partial charge in [-0.15, -0.1) is 0 Å². The van der Waals surface area contributed by atoms with Gasteiger partial charge in [-0.05, 0) is 0 Å². The van der Waals surface area contributed by atoms with Crippen molar-refractivity contribution in [1.82, 2.24) is 29.9 Å². The summed E-state index contributed by atoms with van der Waals surface area (Å²) in [5.41, 5.74) is 0. The first-order valence-corrected chi connectivity index (χ1v) is 15.7. The molecule has 2 aromatic rings. The molecule has 23 nitrogen and oxygen atoms in total. The number of rotatable bonds is 28. The fraction of sp³-hybridized carbons (Fsp3) is 0.786. The molecule has 0 spiro atoms. The minimum Gasteiger partial charge on any atom is -0.395 e. The maximum absolute atomic E-state index is 9.34. The SMILES string of the molecule is COCN(CCO)c1nc(N(CCO)COC)nc(N(COC)COC)n1.COCN(CCO)c1nc(NCCO)nc(N(COC)COC)n1. The average molecular weight is 737 g/mol. The third kappa shape index (κ3) is 16.5. The van der Waals surface area contributed by atoms with Gasteiger partial charge in [-0.25, -0.2) is 0 Å². The lowest BCUT2D eigenvalue weighted by molar-refractivity contribution is 0.138. The molecule has 0 amide bonds. The zero-order valence-corrected chi connectivity index (χ0v) is 30.7. The molecule has 0 atom stereocenters. The number of aromatic nitrogens is 6. The Morgan fingerprint density at radius 2 is 0.647 bits per heavy atom. The summed E-state index contributed by atoms with van der Waals surface area (Å²) in [4.78, 5) is 34.7. The molecule has 2 rings (SSSR count). The summed E-state index contributed by atoms with van der Waals surface area (Å²) in [6.45, 7) is 2.22. The standard InChI is InChI=1S/C15H30N6O6.C13H26N6O5/c1-24-9-19(5-7-22)13-16-14(20(6-8-23)10-25-2)18-15(17-13)21(11-26-3)12-27-4;1-22-8-18(5-7-21)12-15-11(14-4-6-20)16-13(17-12)19(9-23-2)10-24-3/h22-23H,5-12H2,1-4H3;20-21H,4-10H2,1-3H3,(H,14,15,16,17). The van der Waals surface area contributed by atoms with Gasteiger partial charge in [-0.2, -0.15) is 29.9 Å². The lowest BCUT2D eigenvalue weighted by atomic mass is 10.5. The molecular weight excluding hydrogens is 680 g/mol. The first-order chi connectivity index (χ1) is 24.8. The van der Waals surface area contributed by atoms with E-state index in [1.54, 1.807) is 74.3 Å². The molecule has 2 heterocycles. The van der Waals surface area contributed by atoms with Crippen LogP contribution in [-0.2, 0) is 33.2 Å². The van der Waals surface area contributed by atoms with Gasteiger partial charge in [0, 0.05) is 75.9 Å². The summed E-state index contributed by atoms with van der Waals surface area (Å²) in [7, 11) is 10.8. The Hall–Kier alpha value is -3.62. The summed E-state index contributed by atoms with van der Waals surface area (Å²) in [5, 5.41) is 39.8. The van der Waals surface area contributed by atoms with Crippen molar-refractivity contribution in [3.05, 3.63) is 0 Å². The Morgan fingerprint density at radius 1 is 0.392 bits per heavy atom. The Kier molecular flexibility index (Phi) is 24.9. The van der Waals surface area contributed by atoms with Crippen LogP contribution in [0.15, 0.2) is 0 Å². The van der Waals surface area contributed by atoms with E-state index in [2.05, 4.69) is 35.2 Å². The molecule has 0 saturated carbocycles. The Balaban J connectivity index is 0.000000514. The summed E-state index contributed by atoms with van der Waals surface area (Å²) in [5.74, 6) is 1.89. The lowest BCUT2D eigenvalue weighted by Gasteiger charge is -2.27. The second-order valence-electron chi connectivity index (χ2n) is 10.1. The van der Waals surface area contributed by atoms with Gasteiger partial charge in [0.05, 0.1) is 26.4 Å². The van der Waals surface area contributed by atoms with Crippen LogP contribution in [-0.4, -0.2) is 200 Å². The van der Waals surface area contributed by atoms with Crippen LogP contribution in [0.25, 0.3) is 0 Å². The summed E-state index contributed by atoms with van der Waals surface area (Å²) in [6.07, 6.45) is 0. The highest BCUT2D eigenvalue weighted by Crippen LogP contribution is 2.20. The first-order valence-electron chi connectivity index (χ1n) is 15.7. The van der Waals surface area contributed by atoms with Crippen LogP contribution in [0.4, 0.5) is 35.7 Å².